The summed E-state index contributed by atoms with van der Waals surface area (Å²) < 4.78 is 5.28. The molecule has 106 valence electrons. The highest BCUT2D eigenvalue weighted by Gasteiger charge is 2.18. The highest BCUT2D eigenvalue weighted by atomic mass is 16.5. The number of aromatic nitrogens is 2. The van der Waals surface area contributed by atoms with Crippen LogP contribution in [0.5, 0.6) is 5.88 Å². The molecule has 1 aromatic heterocycles. The number of anilines is 2. The Balaban J connectivity index is 2.82. The van der Waals surface area contributed by atoms with Gasteiger partial charge in [0, 0.05) is 13.6 Å². The lowest BCUT2D eigenvalue weighted by molar-refractivity contribution is -0.130. The van der Waals surface area contributed by atoms with Crippen molar-refractivity contribution < 1.29 is 9.53 Å². The number of nitrogen functional groups attached to an aromatic ring is 1. The predicted molar refractivity (Wildman–Crippen MR) is 74.0 cm³/mol. The van der Waals surface area contributed by atoms with E-state index >= 15 is 0 Å². The lowest BCUT2D eigenvalue weighted by atomic mass is 10.3. The molecular weight excluding hydrogens is 246 g/mol. The molecule has 0 bridgehead atoms. The van der Waals surface area contributed by atoms with E-state index in [1.165, 1.54) is 6.33 Å². The Kier molecular flexibility index (Phi) is 5.35. The zero-order valence-electron chi connectivity index (χ0n) is 11.8. The third kappa shape index (κ3) is 3.70. The van der Waals surface area contributed by atoms with E-state index in [0.29, 0.717) is 30.5 Å². The minimum Gasteiger partial charge on any atom is -0.476 e. The number of rotatable bonds is 6. The SMILES string of the molecule is CCOc1ncnc(NC(C)C(=O)N(C)CC)c1N. The number of hydrogen-bond acceptors (Lipinski definition) is 6. The molecule has 7 heteroatoms. The Morgan fingerprint density at radius 1 is 1.53 bits per heavy atom. The number of amides is 1. The van der Waals surface area contributed by atoms with Gasteiger partial charge in [0.1, 0.15) is 18.1 Å². The van der Waals surface area contributed by atoms with Gasteiger partial charge >= 0.3 is 0 Å². The van der Waals surface area contributed by atoms with Crippen LogP contribution in [0, 0.1) is 0 Å². The molecule has 3 N–H and O–H groups in total. The Morgan fingerprint density at radius 3 is 2.79 bits per heavy atom. The molecule has 1 aromatic rings. The van der Waals surface area contributed by atoms with E-state index in [4.69, 9.17) is 10.5 Å². The van der Waals surface area contributed by atoms with Gasteiger partial charge in [0.25, 0.3) is 0 Å². The van der Waals surface area contributed by atoms with Gasteiger partial charge in [-0.3, -0.25) is 4.79 Å². The normalized spacial score (nSPS) is 11.8. The van der Waals surface area contributed by atoms with Gasteiger partial charge in [0.15, 0.2) is 5.82 Å². The number of carbonyl (C=O) groups excluding carboxylic acids is 1. The van der Waals surface area contributed by atoms with Crippen molar-refractivity contribution >= 4 is 17.4 Å². The number of hydrogen-bond donors (Lipinski definition) is 2. The topological polar surface area (TPSA) is 93.4 Å². The molecule has 1 amide bonds. The van der Waals surface area contributed by atoms with Crippen molar-refractivity contribution in [2.24, 2.45) is 0 Å². The van der Waals surface area contributed by atoms with Gasteiger partial charge in [-0.1, -0.05) is 0 Å². The monoisotopic (exact) mass is 267 g/mol. The fourth-order valence-electron chi connectivity index (χ4n) is 1.50. The molecule has 1 rings (SSSR count). The van der Waals surface area contributed by atoms with E-state index in [-0.39, 0.29) is 5.91 Å². The minimum atomic E-state index is -0.420. The summed E-state index contributed by atoms with van der Waals surface area (Å²) >= 11 is 0. The Bertz CT molecular complexity index is 438. The van der Waals surface area contributed by atoms with Crippen LogP contribution in [0.3, 0.4) is 0 Å². The molecule has 0 aromatic carbocycles. The van der Waals surface area contributed by atoms with Gasteiger partial charge in [0.2, 0.25) is 11.8 Å². The molecule has 0 saturated heterocycles. The number of likely N-dealkylation sites (N-methyl/N-ethyl adjacent to an activating group) is 1. The second-order valence-corrected chi connectivity index (χ2v) is 4.09. The van der Waals surface area contributed by atoms with Gasteiger partial charge < -0.3 is 20.7 Å². The van der Waals surface area contributed by atoms with Crippen LogP contribution in [0.2, 0.25) is 0 Å². The highest BCUT2D eigenvalue weighted by Crippen LogP contribution is 2.25. The Hall–Kier alpha value is -2.05. The van der Waals surface area contributed by atoms with E-state index in [0.717, 1.165) is 0 Å². The third-order valence-corrected chi connectivity index (χ3v) is 2.70. The standard InChI is InChI=1S/C12H21N5O2/c1-5-17(4)12(18)8(3)16-10-9(13)11(19-6-2)15-7-14-10/h7-8H,5-6,13H2,1-4H3,(H,14,15,16). The maximum absolute atomic E-state index is 11.9. The number of nitrogens with zero attached hydrogens (tertiary/aromatic N) is 3. The lowest BCUT2D eigenvalue weighted by Crippen LogP contribution is -2.39. The summed E-state index contributed by atoms with van der Waals surface area (Å²) in [7, 11) is 1.75. The quantitative estimate of drug-likeness (QED) is 0.789. The zero-order valence-corrected chi connectivity index (χ0v) is 11.8. The van der Waals surface area contributed by atoms with E-state index < -0.39 is 6.04 Å². The first-order valence-corrected chi connectivity index (χ1v) is 6.26. The molecule has 1 atom stereocenters. The van der Waals surface area contributed by atoms with Crippen molar-refractivity contribution in [1.82, 2.24) is 14.9 Å². The Morgan fingerprint density at radius 2 is 2.21 bits per heavy atom. The average molecular weight is 267 g/mol. The van der Waals surface area contributed by atoms with E-state index in [9.17, 15) is 4.79 Å². The smallest absolute Gasteiger partial charge is 0.244 e. The number of ether oxygens (including phenoxy) is 1. The number of nitrogens with two attached hydrogens (primary N) is 1. The van der Waals surface area contributed by atoms with Crippen molar-refractivity contribution in [2.75, 3.05) is 31.2 Å². The largest absolute Gasteiger partial charge is 0.476 e. The van der Waals surface area contributed by atoms with Crippen LogP contribution >= 0.6 is 0 Å². The molecule has 1 unspecified atom stereocenters. The fraction of sp³-hybridized carbons (Fsp3) is 0.583. The molecule has 7 nitrogen and oxygen atoms in total. The second-order valence-electron chi connectivity index (χ2n) is 4.09. The maximum atomic E-state index is 11.9. The summed E-state index contributed by atoms with van der Waals surface area (Å²) in [5, 5.41) is 2.98. The lowest BCUT2D eigenvalue weighted by Gasteiger charge is -2.21. The first kappa shape index (κ1) is 15.0. The van der Waals surface area contributed by atoms with Crippen molar-refractivity contribution in [3.63, 3.8) is 0 Å². The van der Waals surface area contributed by atoms with Gasteiger partial charge in [-0.05, 0) is 20.8 Å². The first-order chi connectivity index (χ1) is 9.01. The molecule has 0 fully saturated rings. The van der Waals surface area contributed by atoms with Gasteiger partial charge in [-0.25, -0.2) is 4.98 Å². The molecule has 1 heterocycles. The van der Waals surface area contributed by atoms with Crippen LogP contribution in [0.25, 0.3) is 0 Å². The van der Waals surface area contributed by atoms with Gasteiger partial charge in [-0.2, -0.15) is 4.98 Å². The van der Waals surface area contributed by atoms with Crippen LogP contribution in [-0.2, 0) is 4.79 Å². The highest BCUT2D eigenvalue weighted by molar-refractivity contribution is 5.85. The summed E-state index contributed by atoms with van der Waals surface area (Å²) in [6.45, 7) is 6.63. The number of carbonyl (C=O) groups is 1. The molecule has 19 heavy (non-hydrogen) atoms. The second kappa shape index (κ2) is 6.77. The molecule has 0 aliphatic carbocycles. The molecule has 0 aliphatic rings. The summed E-state index contributed by atoms with van der Waals surface area (Å²) in [5.74, 6) is 0.700. The van der Waals surface area contributed by atoms with Crippen LogP contribution in [-0.4, -0.2) is 47.0 Å². The van der Waals surface area contributed by atoms with Crippen LogP contribution in [0.15, 0.2) is 6.33 Å². The molecule has 0 spiro atoms. The molecular formula is C12H21N5O2. The third-order valence-electron chi connectivity index (χ3n) is 2.70. The van der Waals surface area contributed by atoms with Gasteiger partial charge in [-0.15, -0.1) is 0 Å². The van der Waals surface area contributed by atoms with Crippen molar-refractivity contribution in [1.29, 1.82) is 0 Å². The summed E-state index contributed by atoms with van der Waals surface area (Å²) in [6, 6.07) is -0.420. The van der Waals surface area contributed by atoms with Crippen molar-refractivity contribution in [3.05, 3.63) is 6.33 Å². The van der Waals surface area contributed by atoms with Crippen LogP contribution in [0.1, 0.15) is 20.8 Å². The van der Waals surface area contributed by atoms with E-state index in [1.54, 1.807) is 18.9 Å². The summed E-state index contributed by atoms with van der Waals surface area (Å²) in [5.41, 5.74) is 6.20. The zero-order chi connectivity index (χ0) is 14.4. The van der Waals surface area contributed by atoms with Crippen LogP contribution < -0.4 is 15.8 Å². The molecule has 0 saturated carbocycles. The number of nitrogens with one attached hydrogen (secondary N) is 1. The first-order valence-electron chi connectivity index (χ1n) is 6.26. The maximum Gasteiger partial charge on any atom is 0.244 e. The van der Waals surface area contributed by atoms with E-state index in [1.807, 2.05) is 13.8 Å². The Labute approximate surface area is 113 Å². The van der Waals surface area contributed by atoms with Crippen LogP contribution in [0.4, 0.5) is 11.5 Å². The molecule has 0 aliphatic heterocycles. The predicted octanol–water partition coefficient (Wildman–Crippen LogP) is 0.736. The van der Waals surface area contributed by atoms with E-state index in [2.05, 4.69) is 15.3 Å². The van der Waals surface area contributed by atoms with Crippen molar-refractivity contribution in [2.45, 2.75) is 26.8 Å². The fourth-order valence-corrected chi connectivity index (χ4v) is 1.50. The van der Waals surface area contributed by atoms with Crippen molar-refractivity contribution in [3.8, 4) is 5.88 Å². The summed E-state index contributed by atoms with van der Waals surface area (Å²) in [4.78, 5) is 21.5. The van der Waals surface area contributed by atoms with Gasteiger partial charge in [0.05, 0.1) is 6.61 Å². The minimum absolute atomic E-state index is 0.0292. The summed E-state index contributed by atoms with van der Waals surface area (Å²) in [6.07, 6.45) is 1.35. The average Bonchev–Trinajstić information content (AvgIpc) is 2.41. The molecule has 0 radical (unpaired) electrons.